The maximum Gasteiger partial charge on any atom is 0.243 e. The lowest BCUT2D eigenvalue weighted by atomic mass is 9.90. The van der Waals surface area contributed by atoms with Crippen molar-refractivity contribution in [3.63, 3.8) is 0 Å². The molecular formula is C18H33IN4O3. The van der Waals surface area contributed by atoms with Crippen LogP contribution in [0.2, 0.25) is 0 Å². The zero-order valence-corrected chi connectivity index (χ0v) is 18.8. The SMILES string of the molecule is COCCC(C)(C)CNC(=NCC(=O)N(C)C)NCCc1ccco1.I. The summed E-state index contributed by atoms with van der Waals surface area (Å²) in [5, 5.41) is 6.58. The zero-order valence-electron chi connectivity index (χ0n) is 16.5. The van der Waals surface area contributed by atoms with Gasteiger partial charge < -0.3 is 24.7 Å². The summed E-state index contributed by atoms with van der Waals surface area (Å²) >= 11 is 0. The molecule has 0 aliphatic rings. The highest BCUT2D eigenvalue weighted by atomic mass is 127. The Labute approximate surface area is 174 Å². The number of carbonyl (C=O) groups is 1. The number of aliphatic imine (C=N–C) groups is 1. The van der Waals surface area contributed by atoms with Crippen molar-refractivity contribution >= 4 is 35.8 Å². The van der Waals surface area contributed by atoms with E-state index in [0.29, 0.717) is 19.1 Å². The minimum absolute atomic E-state index is 0. The Kier molecular flexibility index (Phi) is 12.3. The lowest BCUT2D eigenvalue weighted by Gasteiger charge is -2.26. The van der Waals surface area contributed by atoms with Crippen LogP contribution >= 0.6 is 24.0 Å². The van der Waals surface area contributed by atoms with Crippen molar-refractivity contribution in [1.29, 1.82) is 0 Å². The number of carbonyl (C=O) groups excluding carboxylic acids is 1. The summed E-state index contributed by atoms with van der Waals surface area (Å²) in [6.45, 7) is 6.58. The Hall–Kier alpha value is -1.29. The molecule has 0 fully saturated rings. The Bertz CT molecular complexity index is 531. The molecule has 7 nitrogen and oxygen atoms in total. The van der Waals surface area contributed by atoms with Crippen molar-refractivity contribution in [2.24, 2.45) is 10.4 Å². The molecule has 1 heterocycles. The number of guanidine groups is 1. The first-order valence-corrected chi connectivity index (χ1v) is 8.58. The summed E-state index contributed by atoms with van der Waals surface area (Å²) in [5.74, 6) is 1.51. The van der Waals surface area contributed by atoms with Crippen molar-refractivity contribution in [1.82, 2.24) is 15.5 Å². The summed E-state index contributed by atoms with van der Waals surface area (Å²) in [4.78, 5) is 17.7. The van der Waals surface area contributed by atoms with Gasteiger partial charge in [-0.05, 0) is 24.0 Å². The second-order valence-electron chi connectivity index (χ2n) is 6.97. The molecule has 0 saturated heterocycles. The van der Waals surface area contributed by atoms with Gasteiger partial charge in [-0.25, -0.2) is 4.99 Å². The lowest BCUT2D eigenvalue weighted by Crippen LogP contribution is -2.43. The van der Waals surface area contributed by atoms with Gasteiger partial charge >= 0.3 is 0 Å². The number of nitrogens with zero attached hydrogens (tertiary/aromatic N) is 2. The maximum absolute atomic E-state index is 11.8. The number of halogens is 1. The van der Waals surface area contributed by atoms with E-state index in [1.54, 1.807) is 27.5 Å². The predicted octanol–water partition coefficient (Wildman–Crippen LogP) is 2.13. The Morgan fingerprint density at radius 2 is 2.08 bits per heavy atom. The van der Waals surface area contributed by atoms with E-state index in [4.69, 9.17) is 9.15 Å². The minimum Gasteiger partial charge on any atom is -0.469 e. The molecule has 1 amide bonds. The Morgan fingerprint density at radius 3 is 2.65 bits per heavy atom. The van der Waals surface area contributed by atoms with Crippen LogP contribution < -0.4 is 10.6 Å². The van der Waals surface area contributed by atoms with Crippen LogP contribution in [-0.2, 0) is 16.0 Å². The molecule has 0 aliphatic heterocycles. The van der Waals surface area contributed by atoms with Crippen LogP contribution in [0.3, 0.4) is 0 Å². The van der Waals surface area contributed by atoms with E-state index >= 15 is 0 Å². The van der Waals surface area contributed by atoms with Crippen molar-refractivity contribution in [2.45, 2.75) is 26.7 Å². The minimum atomic E-state index is -0.0363. The second kappa shape index (κ2) is 13.0. The number of likely N-dealkylation sites (N-methyl/N-ethyl adjacent to an activating group) is 1. The average molecular weight is 480 g/mol. The average Bonchev–Trinajstić information content (AvgIpc) is 3.08. The topological polar surface area (TPSA) is 79.1 Å². The molecule has 0 spiro atoms. The third-order valence-corrected chi connectivity index (χ3v) is 3.83. The van der Waals surface area contributed by atoms with Crippen LogP contribution in [0.15, 0.2) is 27.8 Å². The third-order valence-electron chi connectivity index (χ3n) is 3.83. The van der Waals surface area contributed by atoms with Gasteiger partial charge in [0.25, 0.3) is 0 Å². The number of methoxy groups -OCH3 is 1. The monoisotopic (exact) mass is 480 g/mol. The molecule has 0 atom stereocenters. The van der Waals surface area contributed by atoms with Crippen LogP contribution in [-0.4, -0.2) is 64.2 Å². The van der Waals surface area contributed by atoms with Crippen LogP contribution in [0.25, 0.3) is 0 Å². The normalized spacial score (nSPS) is 11.7. The van der Waals surface area contributed by atoms with Crippen LogP contribution in [0.1, 0.15) is 26.0 Å². The van der Waals surface area contributed by atoms with Gasteiger partial charge in [0.05, 0.1) is 6.26 Å². The van der Waals surface area contributed by atoms with Gasteiger partial charge in [0.2, 0.25) is 5.91 Å². The zero-order chi connectivity index (χ0) is 18.7. The quantitative estimate of drug-likeness (QED) is 0.305. The number of rotatable bonds is 10. The molecule has 0 bridgehead atoms. The smallest absolute Gasteiger partial charge is 0.243 e. The molecule has 26 heavy (non-hydrogen) atoms. The number of furan rings is 1. The van der Waals surface area contributed by atoms with Gasteiger partial charge in [-0.1, -0.05) is 13.8 Å². The van der Waals surface area contributed by atoms with E-state index in [1.807, 2.05) is 12.1 Å². The Morgan fingerprint density at radius 1 is 1.35 bits per heavy atom. The van der Waals surface area contributed by atoms with E-state index in [-0.39, 0.29) is 41.8 Å². The molecule has 0 saturated carbocycles. The highest BCUT2D eigenvalue weighted by Crippen LogP contribution is 2.18. The third kappa shape index (κ3) is 10.6. The van der Waals surface area contributed by atoms with Crippen molar-refractivity contribution in [2.75, 3.05) is 47.4 Å². The predicted molar refractivity (Wildman–Crippen MR) is 115 cm³/mol. The number of hydrogen-bond acceptors (Lipinski definition) is 4. The first-order valence-electron chi connectivity index (χ1n) is 8.58. The van der Waals surface area contributed by atoms with Gasteiger partial charge in [0, 0.05) is 47.3 Å². The molecule has 150 valence electrons. The van der Waals surface area contributed by atoms with Gasteiger partial charge in [-0.3, -0.25) is 4.79 Å². The molecule has 0 aliphatic carbocycles. The lowest BCUT2D eigenvalue weighted by molar-refractivity contribution is -0.127. The molecule has 0 radical (unpaired) electrons. The number of nitrogens with one attached hydrogen (secondary N) is 2. The van der Waals surface area contributed by atoms with E-state index in [2.05, 4.69) is 29.5 Å². The molecule has 1 rings (SSSR count). The first kappa shape index (κ1) is 24.7. The fraction of sp³-hybridized carbons (Fsp3) is 0.667. The van der Waals surface area contributed by atoms with E-state index in [1.165, 1.54) is 4.90 Å². The van der Waals surface area contributed by atoms with Gasteiger partial charge in [0.1, 0.15) is 12.3 Å². The molecule has 0 aromatic carbocycles. The van der Waals surface area contributed by atoms with Gasteiger partial charge in [0.15, 0.2) is 5.96 Å². The first-order chi connectivity index (χ1) is 11.8. The second-order valence-corrected chi connectivity index (χ2v) is 6.97. The number of amides is 1. The van der Waals surface area contributed by atoms with Gasteiger partial charge in [-0.2, -0.15) is 0 Å². The maximum atomic E-state index is 11.8. The molecule has 1 aromatic rings. The summed E-state index contributed by atoms with van der Waals surface area (Å²) in [7, 11) is 5.16. The molecule has 1 aromatic heterocycles. The van der Waals surface area contributed by atoms with Crippen molar-refractivity contribution in [3.05, 3.63) is 24.2 Å². The Balaban J connectivity index is 0.00000625. The highest BCUT2D eigenvalue weighted by Gasteiger charge is 2.18. The summed E-state index contributed by atoms with van der Waals surface area (Å²) in [5.41, 5.74) is 0.0605. The van der Waals surface area contributed by atoms with E-state index in [9.17, 15) is 4.79 Å². The number of hydrogen-bond donors (Lipinski definition) is 2. The molecular weight excluding hydrogens is 447 g/mol. The van der Waals surface area contributed by atoms with Crippen LogP contribution in [0.5, 0.6) is 0 Å². The largest absolute Gasteiger partial charge is 0.469 e. The van der Waals surface area contributed by atoms with Gasteiger partial charge in [-0.15, -0.1) is 24.0 Å². The fourth-order valence-corrected chi connectivity index (χ4v) is 2.01. The van der Waals surface area contributed by atoms with E-state index < -0.39 is 0 Å². The summed E-state index contributed by atoms with van der Waals surface area (Å²) in [6, 6.07) is 3.81. The summed E-state index contributed by atoms with van der Waals surface area (Å²) < 4.78 is 10.5. The molecule has 2 N–H and O–H groups in total. The number of ether oxygens (including phenoxy) is 1. The van der Waals surface area contributed by atoms with E-state index in [0.717, 1.165) is 25.1 Å². The highest BCUT2D eigenvalue weighted by molar-refractivity contribution is 14.0. The van der Waals surface area contributed by atoms with Crippen LogP contribution in [0, 0.1) is 5.41 Å². The summed E-state index contributed by atoms with van der Waals surface area (Å²) in [6.07, 6.45) is 3.35. The fourth-order valence-electron chi connectivity index (χ4n) is 2.01. The molecule has 0 unspecified atom stereocenters. The van der Waals surface area contributed by atoms with Crippen LogP contribution in [0.4, 0.5) is 0 Å². The standard InChI is InChI=1S/C18H32N4O3.HI/c1-18(2,9-12-24-5)14-21-17(20-13-16(23)22(3)4)19-10-8-15-7-6-11-25-15;/h6-7,11H,8-10,12-14H2,1-5H3,(H2,19,20,21);1H. The van der Waals surface area contributed by atoms with Crippen molar-refractivity contribution in [3.8, 4) is 0 Å². The molecule has 8 heteroatoms. The van der Waals surface area contributed by atoms with Crippen molar-refractivity contribution < 1.29 is 13.9 Å².